The van der Waals surface area contributed by atoms with E-state index in [9.17, 15) is 4.39 Å². The molecule has 7 heteroatoms. The Labute approximate surface area is 158 Å². The normalized spacial score (nSPS) is 11.0. The second kappa shape index (κ2) is 7.15. The van der Waals surface area contributed by atoms with Gasteiger partial charge >= 0.3 is 0 Å². The fraction of sp³-hybridized carbons (Fsp3) is 0.167. The topological polar surface area (TPSA) is 55.9 Å². The van der Waals surface area contributed by atoms with Gasteiger partial charge in [0.1, 0.15) is 11.6 Å². The molecule has 0 atom stereocenters. The Kier molecular flexibility index (Phi) is 5.13. The fourth-order valence-electron chi connectivity index (χ4n) is 2.81. The number of aromatic nitrogens is 2. The van der Waals surface area contributed by atoms with Crippen LogP contribution < -0.4 is 11.1 Å². The summed E-state index contributed by atoms with van der Waals surface area (Å²) in [6, 6.07) is 10.2. The van der Waals surface area contributed by atoms with Crippen LogP contribution in [-0.2, 0) is 13.6 Å². The first-order valence-corrected chi connectivity index (χ1v) is 8.83. The van der Waals surface area contributed by atoms with E-state index in [2.05, 4.69) is 26.3 Å². The van der Waals surface area contributed by atoms with Gasteiger partial charge in [-0.15, -0.1) is 0 Å². The van der Waals surface area contributed by atoms with E-state index >= 15 is 0 Å². The summed E-state index contributed by atoms with van der Waals surface area (Å²) >= 11 is 9.80. The van der Waals surface area contributed by atoms with Gasteiger partial charge in [0, 0.05) is 29.2 Å². The van der Waals surface area contributed by atoms with Crippen LogP contribution in [0.15, 0.2) is 40.9 Å². The van der Waals surface area contributed by atoms with Gasteiger partial charge in [0.25, 0.3) is 0 Å². The van der Waals surface area contributed by atoms with Crippen molar-refractivity contribution in [2.24, 2.45) is 12.8 Å². The van der Waals surface area contributed by atoms with Crippen molar-refractivity contribution in [3.63, 3.8) is 0 Å². The van der Waals surface area contributed by atoms with Crippen LogP contribution in [0.4, 0.5) is 15.9 Å². The molecule has 4 nitrogen and oxygen atoms in total. The largest absolute Gasteiger partial charge is 0.338 e. The van der Waals surface area contributed by atoms with Crippen molar-refractivity contribution < 1.29 is 4.39 Å². The Bertz CT molecular complexity index is 939. The lowest BCUT2D eigenvalue weighted by molar-refractivity contribution is 0.627. The van der Waals surface area contributed by atoms with Crippen molar-refractivity contribution >= 4 is 39.0 Å². The molecule has 0 amide bonds. The SMILES string of the molecule is Cc1nn(C)c(Nc2c(Cl)cccc2CN)c1-c1ccc(F)cc1Br. The summed E-state index contributed by atoms with van der Waals surface area (Å²) in [7, 11) is 1.84. The average Bonchev–Trinajstić information content (AvgIpc) is 2.83. The Morgan fingerprint density at radius 1 is 1.32 bits per heavy atom. The van der Waals surface area contributed by atoms with E-state index in [1.54, 1.807) is 16.8 Å². The minimum absolute atomic E-state index is 0.303. The lowest BCUT2D eigenvalue weighted by Gasteiger charge is -2.15. The molecule has 0 bridgehead atoms. The van der Waals surface area contributed by atoms with Crippen LogP contribution in [0.1, 0.15) is 11.3 Å². The minimum Gasteiger partial charge on any atom is -0.338 e. The number of hydrogen-bond donors (Lipinski definition) is 2. The number of rotatable bonds is 4. The highest BCUT2D eigenvalue weighted by atomic mass is 79.9. The van der Waals surface area contributed by atoms with Crippen LogP contribution in [0.25, 0.3) is 11.1 Å². The molecule has 0 spiro atoms. The number of para-hydroxylation sites is 1. The summed E-state index contributed by atoms with van der Waals surface area (Å²) in [6.45, 7) is 2.27. The van der Waals surface area contributed by atoms with E-state index < -0.39 is 0 Å². The Morgan fingerprint density at radius 3 is 2.76 bits per heavy atom. The standard InChI is InChI=1S/C18H17BrClFN4/c1-10-16(13-7-6-12(21)8-14(13)19)18(25(2)24-10)23-17-11(9-22)4-3-5-15(17)20/h3-8,23H,9,22H2,1-2H3. The zero-order valence-corrected chi connectivity index (χ0v) is 16.1. The maximum Gasteiger partial charge on any atom is 0.136 e. The number of anilines is 2. The predicted octanol–water partition coefficient (Wildman–Crippen LogP) is 5.15. The van der Waals surface area contributed by atoms with Gasteiger partial charge in [0.05, 0.1) is 16.4 Å². The molecular weight excluding hydrogens is 407 g/mol. The molecule has 0 saturated heterocycles. The predicted molar refractivity (Wildman–Crippen MR) is 104 cm³/mol. The van der Waals surface area contributed by atoms with Crippen molar-refractivity contribution in [1.29, 1.82) is 0 Å². The first-order valence-electron chi connectivity index (χ1n) is 7.66. The molecule has 1 heterocycles. The van der Waals surface area contributed by atoms with Crippen LogP contribution in [0.2, 0.25) is 5.02 Å². The summed E-state index contributed by atoms with van der Waals surface area (Å²) < 4.78 is 15.9. The molecule has 0 saturated carbocycles. The summed E-state index contributed by atoms with van der Waals surface area (Å²) in [6.07, 6.45) is 0. The van der Waals surface area contributed by atoms with E-state index in [4.69, 9.17) is 17.3 Å². The van der Waals surface area contributed by atoms with Gasteiger partial charge in [-0.3, -0.25) is 4.68 Å². The van der Waals surface area contributed by atoms with Gasteiger partial charge in [0.15, 0.2) is 0 Å². The molecule has 3 aromatic rings. The van der Waals surface area contributed by atoms with Gasteiger partial charge in [0.2, 0.25) is 0 Å². The summed E-state index contributed by atoms with van der Waals surface area (Å²) in [5.41, 5.74) is 10.0. The molecular formula is C18H17BrClFN4. The molecule has 0 aliphatic rings. The molecule has 3 rings (SSSR count). The number of nitrogens with one attached hydrogen (secondary N) is 1. The van der Waals surface area contributed by atoms with Crippen molar-refractivity contribution in [2.75, 3.05) is 5.32 Å². The average molecular weight is 424 g/mol. The highest BCUT2D eigenvalue weighted by Gasteiger charge is 2.19. The first-order chi connectivity index (χ1) is 11.9. The van der Waals surface area contributed by atoms with Crippen LogP contribution >= 0.6 is 27.5 Å². The lowest BCUT2D eigenvalue weighted by Crippen LogP contribution is -2.06. The third-order valence-corrected chi connectivity index (χ3v) is 4.96. The first kappa shape index (κ1) is 17.9. The van der Waals surface area contributed by atoms with Crippen LogP contribution in [0.3, 0.4) is 0 Å². The van der Waals surface area contributed by atoms with Gasteiger partial charge < -0.3 is 11.1 Å². The van der Waals surface area contributed by atoms with Crippen molar-refractivity contribution in [1.82, 2.24) is 9.78 Å². The third kappa shape index (κ3) is 3.42. The van der Waals surface area contributed by atoms with E-state index in [0.717, 1.165) is 33.9 Å². The highest BCUT2D eigenvalue weighted by molar-refractivity contribution is 9.10. The van der Waals surface area contributed by atoms with Crippen molar-refractivity contribution in [3.8, 4) is 11.1 Å². The van der Waals surface area contributed by atoms with E-state index in [1.165, 1.54) is 12.1 Å². The van der Waals surface area contributed by atoms with Gasteiger partial charge in [-0.1, -0.05) is 45.7 Å². The zero-order chi connectivity index (χ0) is 18.1. The van der Waals surface area contributed by atoms with Gasteiger partial charge in [-0.2, -0.15) is 5.10 Å². The molecule has 130 valence electrons. The maximum absolute atomic E-state index is 13.5. The second-order valence-corrected chi connectivity index (χ2v) is 6.92. The van der Waals surface area contributed by atoms with E-state index in [-0.39, 0.29) is 5.82 Å². The summed E-state index contributed by atoms with van der Waals surface area (Å²) in [4.78, 5) is 0. The van der Waals surface area contributed by atoms with Crippen LogP contribution in [0, 0.1) is 12.7 Å². The molecule has 0 fully saturated rings. The third-order valence-electron chi connectivity index (χ3n) is 3.99. The number of nitrogens with zero attached hydrogens (tertiary/aromatic N) is 2. The molecule has 25 heavy (non-hydrogen) atoms. The van der Waals surface area contributed by atoms with Crippen LogP contribution in [-0.4, -0.2) is 9.78 Å². The van der Waals surface area contributed by atoms with Gasteiger partial charge in [-0.05, 0) is 30.7 Å². The number of halogens is 3. The molecule has 0 unspecified atom stereocenters. The summed E-state index contributed by atoms with van der Waals surface area (Å²) in [5, 5.41) is 8.44. The number of hydrogen-bond acceptors (Lipinski definition) is 3. The Morgan fingerprint density at radius 2 is 2.08 bits per heavy atom. The molecule has 0 aliphatic heterocycles. The Hall–Kier alpha value is -1.89. The molecule has 0 aliphatic carbocycles. The minimum atomic E-state index is -0.303. The second-order valence-electron chi connectivity index (χ2n) is 5.66. The van der Waals surface area contributed by atoms with Gasteiger partial charge in [-0.25, -0.2) is 4.39 Å². The smallest absolute Gasteiger partial charge is 0.136 e. The monoisotopic (exact) mass is 422 g/mol. The molecule has 1 aromatic heterocycles. The number of nitrogens with two attached hydrogens (primary N) is 1. The number of aryl methyl sites for hydroxylation is 2. The fourth-order valence-corrected chi connectivity index (χ4v) is 3.60. The Balaban J connectivity index is 2.16. The molecule has 0 radical (unpaired) electrons. The maximum atomic E-state index is 13.5. The van der Waals surface area contributed by atoms with Crippen LogP contribution in [0.5, 0.6) is 0 Å². The molecule has 3 N–H and O–H groups in total. The number of benzene rings is 2. The van der Waals surface area contributed by atoms with E-state index in [0.29, 0.717) is 16.0 Å². The van der Waals surface area contributed by atoms with E-state index in [1.807, 2.05) is 26.1 Å². The van der Waals surface area contributed by atoms with Crippen molar-refractivity contribution in [3.05, 3.63) is 63.0 Å². The zero-order valence-electron chi connectivity index (χ0n) is 13.8. The quantitative estimate of drug-likeness (QED) is 0.610. The van der Waals surface area contributed by atoms with Crippen molar-refractivity contribution in [2.45, 2.75) is 13.5 Å². The summed E-state index contributed by atoms with van der Waals surface area (Å²) in [5.74, 6) is 0.454. The highest BCUT2D eigenvalue weighted by Crippen LogP contribution is 2.39. The lowest BCUT2D eigenvalue weighted by atomic mass is 10.1. The molecule has 2 aromatic carbocycles.